The summed E-state index contributed by atoms with van der Waals surface area (Å²) < 4.78 is 5.89. The van der Waals surface area contributed by atoms with Crippen molar-refractivity contribution >= 4 is 23.1 Å². The summed E-state index contributed by atoms with van der Waals surface area (Å²) in [6.45, 7) is 0.952. The number of hydrogen-bond acceptors (Lipinski definition) is 5. The first-order valence-electron chi connectivity index (χ1n) is 7.71. The number of rotatable bonds is 2. The van der Waals surface area contributed by atoms with Crippen molar-refractivity contribution < 1.29 is 19.2 Å². The van der Waals surface area contributed by atoms with Gasteiger partial charge in [-0.05, 0) is 16.8 Å². The molecule has 7 heteroatoms. The Bertz CT molecular complexity index is 808. The van der Waals surface area contributed by atoms with Crippen LogP contribution in [0, 0.1) is 5.92 Å². The second-order valence-corrected chi connectivity index (χ2v) is 5.70. The number of fused-ring (bicyclic) bond motifs is 5. The van der Waals surface area contributed by atoms with Crippen LogP contribution >= 0.6 is 0 Å². The molecule has 1 fully saturated rings. The van der Waals surface area contributed by atoms with E-state index in [0.717, 1.165) is 22.1 Å². The van der Waals surface area contributed by atoms with Crippen molar-refractivity contribution in [3.63, 3.8) is 0 Å². The van der Waals surface area contributed by atoms with Crippen molar-refractivity contribution in [1.29, 1.82) is 0 Å². The summed E-state index contributed by atoms with van der Waals surface area (Å²) in [6.07, 6.45) is 1.20. The predicted octanol–water partition coefficient (Wildman–Crippen LogP) is 2.44. The van der Waals surface area contributed by atoms with E-state index in [2.05, 4.69) is 15.3 Å². The van der Waals surface area contributed by atoms with Gasteiger partial charge in [-0.25, -0.2) is 4.79 Å². The molecule has 2 atom stereocenters. The second kappa shape index (κ2) is 6.01. The van der Waals surface area contributed by atoms with Gasteiger partial charge in [-0.1, -0.05) is 35.5 Å². The summed E-state index contributed by atoms with van der Waals surface area (Å²) in [7, 11) is 1.41. The Balaban J connectivity index is 1.75. The number of hydrogen-bond donors (Lipinski definition) is 1. The van der Waals surface area contributed by atoms with Gasteiger partial charge in [-0.15, -0.1) is 0 Å². The van der Waals surface area contributed by atoms with E-state index < -0.39 is 0 Å². The molecule has 124 valence electrons. The molecule has 24 heavy (non-hydrogen) atoms. The van der Waals surface area contributed by atoms with E-state index in [-0.39, 0.29) is 18.0 Å². The summed E-state index contributed by atoms with van der Waals surface area (Å²) in [6, 6.07) is 11.5. The summed E-state index contributed by atoms with van der Waals surface area (Å²) in [5, 5.41) is 9.61. The third-order valence-electron chi connectivity index (χ3n) is 4.35. The number of oxime groups is 1. The number of carbonyl (C=O) groups is 1. The molecule has 7 nitrogen and oxygen atoms in total. The zero-order valence-electron chi connectivity index (χ0n) is 13.1. The molecule has 0 saturated carbocycles. The lowest BCUT2D eigenvalue weighted by molar-refractivity contribution is -0.0862. The van der Waals surface area contributed by atoms with Gasteiger partial charge < -0.3 is 9.57 Å². The Hall–Kier alpha value is -2.80. The third kappa shape index (κ3) is 2.33. The Morgan fingerprint density at radius 1 is 1.33 bits per heavy atom. The van der Waals surface area contributed by atoms with Crippen LogP contribution < -0.4 is 10.1 Å². The zero-order valence-corrected chi connectivity index (χ0v) is 13.1. The molecule has 2 aliphatic heterocycles. The molecule has 1 N–H and O–H groups in total. The van der Waals surface area contributed by atoms with Crippen molar-refractivity contribution in [3.05, 3.63) is 42.0 Å². The van der Waals surface area contributed by atoms with Gasteiger partial charge in [0, 0.05) is 11.5 Å². The molecule has 1 saturated heterocycles. The minimum absolute atomic E-state index is 0.0911. The highest BCUT2D eigenvalue weighted by Gasteiger charge is 2.45. The van der Waals surface area contributed by atoms with Gasteiger partial charge in [0.25, 0.3) is 0 Å². The molecular weight excluding hydrogens is 310 g/mol. The molecule has 0 aliphatic carbocycles. The minimum Gasteiger partial charge on any atom is -0.493 e. The summed E-state index contributed by atoms with van der Waals surface area (Å²) in [5.74, 6) is 0.886. The summed E-state index contributed by atoms with van der Waals surface area (Å²) >= 11 is 0. The van der Waals surface area contributed by atoms with E-state index in [0.29, 0.717) is 13.2 Å². The Kier molecular flexibility index (Phi) is 3.70. The van der Waals surface area contributed by atoms with E-state index in [4.69, 9.17) is 9.57 Å². The summed E-state index contributed by atoms with van der Waals surface area (Å²) in [5.41, 5.74) is 0.987. The molecule has 2 aromatic carbocycles. The van der Waals surface area contributed by atoms with Gasteiger partial charge in [-0.2, -0.15) is 5.06 Å². The maximum absolute atomic E-state index is 12.4. The largest absolute Gasteiger partial charge is 0.493 e. The zero-order chi connectivity index (χ0) is 16.5. The number of ether oxygens (including phenoxy) is 1. The fourth-order valence-electron chi connectivity index (χ4n) is 3.32. The van der Waals surface area contributed by atoms with Crippen molar-refractivity contribution in [2.75, 3.05) is 20.3 Å². The lowest BCUT2D eigenvalue weighted by atomic mass is 9.88. The van der Waals surface area contributed by atoms with Gasteiger partial charge in [0.1, 0.15) is 19.2 Å². The SMILES string of the molecule is CO/N=C/NC(=O)N1OC[C@H]2COc3ccc4ccccc4c3[C@H]21. The van der Waals surface area contributed by atoms with Crippen molar-refractivity contribution in [2.45, 2.75) is 6.04 Å². The third-order valence-corrected chi connectivity index (χ3v) is 4.35. The lowest BCUT2D eigenvalue weighted by Crippen LogP contribution is -2.40. The average Bonchev–Trinajstić information content (AvgIpc) is 3.05. The molecule has 2 amide bonds. The first-order valence-corrected chi connectivity index (χ1v) is 7.71. The van der Waals surface area contributed by atoms with Gasteiger partial charge in [0.2, 0.25) is 0 Å². The Morgan fingerprint density at radius 2 is 2.21 bits per heavy atom. The van der Waals surface area contributed by atoms with Crippen molar-refractivity contribution in [3.8, 4) is 5.75 Å². The number of nitrogens with one attached hydrogen (secondary N) is 1. The van der Waals surface area contributed by atoms with Crippen LogP contribution in [0.15, 0.2) is 41.6 Å². The Labute approximate surface area is 138 Å². The van der Waals surface area contributed by atoms with E-state index in [1.165, 1.54) is 18.5 Å². The fraction of sp³-hybridized carbons (Fsp3) is 0.294. The number of benzene rings is 2. The summed E-state index contributed by atoms with van der Waals surface area (Å²) in [4.78, 5) is 22.6. The van der Waals surface area contributed by atoms with Gasteiger partial charge in [0.05, 0.1) is 19.3 Å². The molecule has 0 unspecified atom stereocenters. The average molecular weight is 327 g/mol. The molecule has 0 spiro atoms. The quantitative estimate of drug-likeness (QED) is 0.522. The molecule has 0 radical (unpaired) electrons. The topological polar surface area (TPSA) is 72.4 Å². The van der Waals surface area contributed by atoms with E-state index in [1.807, 2.05) is 36.4 Å². The highest BCUT2D eigenvalue weighted by Crippen LogP contribution is 2.46. The van der Waals surface area contributed by atoms with Gasteiger partial charge >= 0.3 is 6.03 Å². The van der Waals surface area contributed by atoms with Crippen LogP contribution in [0.3, 0.4) is 0 Å². The highest BCUT2D eigenvalue weighted by molar-refractivity contribution is 5.90. The first kappa shape index (κ1) is 14.8. The number of hydroxylamine groups is 2. The number of nitrogens with zero attached hydrogens (tertiary/aromatic N) is 2. The van der Waals surface area contributed by atoms with Crippen molar-refractivity contribution in [1.82, 2.24) is 10.4 Å². The number of urea groups is 1. The molecular formula is C17H17N3O4. The van der Waals surface area contributed by atoms with Crippen LogP contribution in [0.4, 0.5) is 4.79 Å². The van der Waals surface area contributed by atoms with Gasteiger partial charge in [0.15, 0.2) is 0 Å². The maximum atomic E-state index is 12.4. The van der Waals surface area contributed by atoms with Crippen molar-refractivity contribution in [2.24, 2.45) is 11.1 Å². The standard InChI is InChI=1S/C17H17N3O4/c1-22-19-10-18-17(21)20-16-12(9-24-20)8-23-14-7-6-11-4-2-3-5-13(11)15(14)16/h2-7,10,12,16H,8-9H2,1H3,(H,18,19,21)/t12-,16+/m1/s1. The first-order chi connectivity index (χ1) is 11.8. The molecule has 2 aromatic rings. The smallest absolute Gasteiger partial charge is 0.347 e. The lowest BCUT2D eigenvalue weighted by Gasteiger charge is -2.32. The molecule has 2 heterocycles. The van der Waals surface area contributed by atoms with Crippen LogP contribution in [0.5, 0.6) is 5.75 Å². The van der Waals surface area contributed by atoms with Crippen LogP contribution in [0.1, 0.15) is 11.6 Å². The number of carbonyl (C=O) groups excluding carboxylic acids is 1. The van der Waals surface area contributed by atoms with Gasteiger partial charge in [-0.3, -0.25) is 10.2 Å². The predicted molar refractivity (Wildman–Crippen MR) is 87.5 cm³/mol. The van der Waals surface area contributed by atoms with E-state index >= 15 is 0 Å². The maximum Gasteiger partial charge on any atom is 0.347 e. The Morgan fingerprint density at radius 3 is 3.08 bits per heavy atom. The highest BCUT2D eigenvalue weighted by atomic mass is 16.7. The number of amides is 2. The monoisotopic (exact) mass is 327 g/mol. The molecule has 0 aromatic heterocycles. The molecule has 2 aliphatic rings. The van der Waals surface area contributed by atoms with Crippen LogP contribution in [-0.2, 0) is 9.68 Å². The van der Waals surface area contributed by atoms with Crippen LogP contribution in [0.25, 0.3) is 10.8 Å². The van der Waals surface area contributed by atoms with Crippen LogP contribution in [-0.4, -0.2) is 37.8 Å². The fourth-order valence-corrected chi connectivity index (χ4v) is 3.32. The van der Waals surface area contributed by atoms with E-state index in [1.54, 1.807) is 0 Å². The van der Waals surface area contributed by atoms with E-state index in [9.17, 15) is 4.79 Å². The molecule has 4 rings (SSSR count). The minimum atomic E-state index is -0.385. The normalized spacial score (nSPS) is 22.1. The second-order valence-electron chi connectivity index (χ2n) is 5.70. The van der Waals surface area contributed by atoms with Crippen LogP contribution in [0.2, 0.25) is 0 Å². The molecule has 0 bridgehead atoms.